The molecule has 1 aromatic rings. The number of nitrogens with zero attached hydrogens (tertiary/aromatic N) is 1. The highest BCUT2D eigenvalue weighted by atomic mass is 19.2. The zero-order valence-electron chi connectivity index (χ0n) is 11.2. The first-order chi connectivity index (χ1) is 8.90. The number of rotatable bonds is 3. The lowest BCUT2D eigenvalue weighted by Crippen LogP contribution is -2.34. The highest BCUT2D eigenvalue weighted by molar-refractivity contribution is 5.25. The minimum atomic E-state index is -1.43. The quantitative estimate of drug-likeness (QED) is 0.857. The van der Waals surface area contributed by atoms with Crippen molar-refractivity contribution >= 4 is 0 Å². The maximum absolute atomic E-state index is 13.3. The summed E-state index contributed by atoms with van der Waals surface area (Å²) < 4.78 is 39.7. The van der Waals surface area contributed by atoms with E-state index in [1.807, 2.05) is 0 Å². The van der Waals surface area contributed by atoms with Gasteiger partial charge in [-0.3, -0.25) is 4.90 Å². The molecule has 0 amide bonds. The summed E-state index contributed by atoms with van der Waals surface area (Å²) in [5.74, 6) is -3.30. The average Bonchev–Trinajstić information content (AvgIpc) is 2.66. The topological polar surface area (TPSA) is 29.3 Å². The van der Waals surface area contributed by atoms with Gasteiger partial charge in [-0.05, 0) is 30.0 Å². The number of halogens is 3. The summed E-state index contributed by atoms with van der Waals surface area (Å²) in [5.41, 5.74) is 6.45. The van der Waals surface area contributed by atoms with E-state index in [1.165, 1.54) is 0 Å². The summed E-state index contributed by atoms with van der Waals surface area (Å²) in [4.78, 5) is 2.11. The van der Waals surface area contributed by atoms with Crippen molar-refractivity contribution in [1.29, 1.82) is 0 Å². The van der Waals surface area contributed by atoms with Gasteiger partial charge in [0.25, 0.3) is 0 Å². The lowest BCUT2D eigenvalue weighted by atomic mass is 9.99. The summed E-state index contributed by atoms with van der Waals surface area (Å²) in [5, 5.41) is 0. The van der Waals surface area contributed by atoms with Gasteiger partial charge in [0, 0.05) is 19.1 Å². The average molecular weight is 272 g/mol. The Hall–Kier alpha value is -1.07. The summed E-state index contributed by atoms with van der Waals surface area (Å²) in [6.45, 7) is 5.75. The van der Waals surface area contributed by atoms with Crippen LogP contribution < -0.4 is 5.73 Å². The lowest BCUT2D eigenvalue weighted by molar-refractivity contribution is 0.220. The Morgan fingerprint density at radius 1 is 1.26 bits per heavy atom. The molecule has 2 rings (SSSR count). The molecule has 0 aromatic heterocycles. The fourth-order valence-corrected chi connectivity index (χ4v) is 2.76. The second-order valence-corrected chi connectivity index (χ2v) is 5.58. The van der Waals surface area contributed by atoms with E-state index < -0.39 is 17.5 Å². The number of likely N-dealkylation sites (tertiary alicyclic amines) is 1. The SMILES string of the molecule is CC(C)CN1CCC(N)C1c1cc(F)c(F)c(F)c1. The zero-order valence-corrected chi connectivity index (χ0v) is 11.2. The van der Waals surface area contributed by atoms with Gasteiger partial charge in [0.1, 0.15) is 0 Å². The first kappa shape index (κ1) is 14.3. The molecule has 5 heteroatoms. The Morgan fingerprint density at radius 3 is 2.37 bits per heavy atom. The second-order valence-electron chi connectivity index (χ2n) is 5.58. The van der Waals surface area contributed by atoms with Gasteiger partial charge in [-0.25, -0.2) is 13.2 Å². The number of hydrogen-bond donors (Lipinski definition) is 1. The Morgan fingerprint density at radius 2 is 1.84 bits per heavy atom. The third-order valence-electron chi connectivity index (χ3n) is 3.50. The Kier molecular flexibility index (Phi) is 4.16. The minimum Gasteiger partial charge on any atom is -0.326 e. The van der Waals surface area contributed by atoms with Crippen LogP contribution in [0.1, 0.15) is 31.9 Å². The molecule has 1 aliphatic rings. The highest BCUT2D eigenvalue weighted by Crippen LogP contribution is 2.33. The van der Waals surface area contributed by atoms with Crippen LogP contribution in [-0.2, 0) is 0 Å². The molecule has 0 saturated carbocycles. The van der Waals surface area contributed by atoms with Crippen LogP contribution in [0.25, 0.3) is 0 Å². The predicted octanol–water partition coefficient (Wildman–Crippen LogP) is 2.83. The van der Waals surface area contributed by atoms with E-state index in [0.717, 1.165) is 31.6 Å². The summed E-state index contributed by atoms with van der Waals surface area (Å²) in [7, 11) is 0. The molecule has 2 N–H and O–H groups in total. The van der Waals surface area contributed by atoms with Crippen LogP contribution in [0.15, 0.2) is 12.1 Å². The van der Waals surface area contributed by atoms with Crippen molar-refractivity contribution in [2.45, 2.75) is 32.4 Å². The molecule has 0 spiro atoms. The first-order valence-electron chi connectivity index (χ1n) is 6.54. The predicted molar refractivity (Wildman–Crippen MR) is 68.1 cm³/mol. The molecule has 1 aromatic carbocycles. The Balaban J connectivity index is 2.32. The van der Waals surface area contributed by atoms with Crippen LogP contribution in [0.3, 0.4) is 0 Å². The standard InChI is InChI=1S/C14H19F3N2/c1-8(2)7-19-4-3-12(18)14(19)9-5-10(15)13(17)11(16)6-9/h5-6,8,12,14H,3-4,7,18H2,1-2H3. The Labute approximate surface area is 111 Å². The first-order valence-corrected chi connectivity index (χ1v) is 6.54. The van der Waals surface area contributed by atoms with E-state index in [4.69, 9.17) is 5.73 Å². The van der Waals surface area contributed by atoms with Crippen LogP contribution >= 0.6 is 0 Å². The van der Waals surface area contributed by atoms with Crippen LogP contribution in [0, 0.1) is 23.4 Å². The smallest absolute Gasteiger partial charge is 0.194 e. The van der Waals surface area contributed by atoms with Gasteiger partial charge in [0.05, 0.1) is 6.04 Å². The van der Waals surface area contributed by atoms with Gasteiger partial charge < -0.3 is 5.73 Å². The van der Waals surface area contributed by atoms with Crippen molar-refractivity contribution in [3.8, 4) is 0 Å². The lowest BCUT2D eigenvalue weighted by Gasteiger charge is -2.28. The van der Waals surface area contributed by atoms with Gasteiger partial charge in [-0.1, -0.05) is 13.8 Å². The van der Waals surface area contributed by atoms with Crippen molar-refractivity contribution in [1.82, 2.24) is 4.90 Å². The van der Waals surface area contributed by atoms with E-state index in [0.29, 0.717) is 11.5 Å². The maximum atomic E-state index is 13.3. The van der Waals surface area contributed by atoms with E-state index in [2.05, 4.69) is 18.7 Å². The molecule has 2 atom stereocenters. The zero-order chi connectivity index (χ0) is 14.2. The molecule has 1 heterocycles. The Bertz CT molecular complexity index is 439. The van der Waals surface area contributed by atoms with Gasteiger partial charge in [0.2, 0.25) is 0 Å². The monoisotopic (exact) mass is 272 g/mol. The highest BCUT2D eigenvalue weighted by Gasteiger charge is 2.34. The molecule has 2 nitrogen and oxygen atoms in total. The molecule has 0 aliphatic carbocycles. The molecule has 0 bridgehead atoms. The van der Waals surface area contributed by atoms with Crippen molar-refractivity contribution in [2.24, 2.45) is 11.7 Å². The molecule has 1 saturated heterocycles. The van der Waals surface area contributed by atoms with Gasteiger partial charge in [-0.15, -0.1) is 0 Å². The van der Waals surface area contributed by atoms with E-state index >= 15 is 0 Å². The van der Waals surface area contributed by atoms with E-state index in [-0.39, 0.29) is 12.1 Å². The minimum absolute atomic E-state index is 0.178. The van der Waals surface area contributed by atoms with Crippen molar-refractivity contribution in [3.05, 3.63) is 35.1 Å². The van der Waals surface area contributed by atoms with Gasteiger partial charge >= 0.3 is 0 Å². The van der Waals surface area contributed by atoms with Gasteiger partial charge in [0.15, 0.2) is 17.5 Å². The fraction of sp³-hybridized carbons (Fsp3) is 0.571. The third-order valence-corrected chi connectivity index (χ3v) is 3.50. The number of nitrogens with two attached hydrogens (primary N) is 1. The molecule has 19 heavy (non-hydrogen) atoms. The molecule has 2 unspecified atom stereocenters. The molecule has 106 valence electrons. The van der Waals surface area contributed by atoms with Gasteiger partial charge in [-0.2, -0.15) is 0 Å². The van der Waals surface area contributed by atoms with Crippen LogP contribution in [0.2, 0.25) is 0 Å². The maximum Gasteiger partial charge on any atom is 0.194 e. The number of hydrogen-bond acceptors (Lipinski definition) is 2. The molecule has 1 aliphatic heterocycles. The third kappa shape index (κ3) is 2.92. The summed E-state index contributed by atoms with van der Waals surface area (Å²) in [6.07, 6.45) is 0.776. The summed E-state index contributed by atoms with van der Waals surface area (Å²) in [6, 6.07) is 1.69. The molecular formula is C14H19F3N2. The largest absolute Gasteiger partial charge is 0.326 e. The second kappa shape index (κ2) is 5.51. The molecule has 0 radical (unpaired) electrons. The number of benzene rings is 1. The van der Waals surface area contributed by atoms with Crippen LogP contribution in [0.4, 0.5) is 13.2 Å². The van der Waals surface area contributed by atoms with Crippen molar-refractivity contribution in [2.75, 3.05) is 13.1 Å². The van der Waals surface area contributed by atoms with E-state index in [9.17, 15) is 13.2 Å². The molecule has 1 fully saturated rings. The normalized spacial score (nSPS) is 24.4. The van der Waals surface area contributed by atoms with Crippen LogP contribution in [0.5, 0.6) is 0 Å². The molecular weight excluding hydrogens is 253 g/mol. The van der Waals surface area contributed by atoms with E-state index in [1.54, 1.807) is 0 Å². The van der Waals surface area contributed by atoms with Crippen molar-refractivity contribution < 1.29 is 13.2 Å². The summed E-state index contributed by atoms with van der Waals surface area (Å²) >= 11 is 0. The van der Waals surface area contributed by atoms with Crippen LogP contribution in [-0.4, -0.2) is 24.0 Å². The van der Waals surface area contributed by atoms with Crippen molar-refractivity contribution in [3.63, 3.8) is 0 Å². The fourth-order valence-electron chi connectivity index (χ4n) is 2.76.